The Kier molecular flexibility index (Phi) is 3.37. The third kappa shape index (κ3) is 2.64. The zero-order valence-electron chi connectivity index (χ0n) is 11.2. The summed E-state index contributed by atoms with van der Waals surface area (Å²) in [6, 6.07) is 13.0. The summed E-state index contributed by atoms with van der Waals surface area (Å²) in [4.78, 5) is 0. The van der Waals surface area contributed by atoms with Crippen molar-refractivity contribution in [2.75, 3.05) is 5.32 Å². The smallest absolute Gasteiger partial charge is 0.123 e. The van der Waals surface area contributed by atoms with E-state index in [1.165, 1.54) is 6.07 Å². The third-order valence-electron chi connectivity index (χ3n) is 3.31. The van der Waals surface area contributed by atoms with E-state index >= 15 is 0 Å². The molecule has 1 atom stereocenters. The summed E-state index contributed by atoms with van der Waals surface area (Å²) in [7, 11) is 0. The fourth-order valence-electron chi connectivity index (χ4n) is 2.42. The SMILES string of the molecule is CC(Cc1cccc(F)c1)Nc1cccc2cn[nH]c12. The van der Waals surface area contributed by atoms with Gasteiger partial charge in [0.05, 0.1) is 17.4 Å². The van der Waals surface area contributed by atoms with Gasteiger partial charge < -0.3 is 5.32 Å². The summed E-state index contributed by atoms with van der Waals surface area (Å²) in [5, 5.41) is 11.6. The molecule has 0 aliphatic heterocycles. The number of aromatic nitrogens is 2. The van der Waals surface area contributed by atoms with E-state index in [1.807, 2.05) is 24.3 Å². The van der Waals surface area contributed by atoms with Gasteiger partial charge in [0.15, 0.2) is 0 Å². The van der Waals surface area contributed by atoms with E-state index < -0.39 is 0 Å². The number of para-hydroxylation sites is 1. The molecule has 3 rings (SSSR count). The van der Waals surface area contributed by atoms with Crippen molar-refractivity contribution in [2.45, 2.75) is 19.4 Å². The molecule has 0 bridgehead atoms. The molecule has 0 amide bonds. The number of nitrogens with zero attached hydrogens (tertiary/aromatic N) is 1. The molecule has 102 valence electrons. The van der Waals surface area contributed by atoms with Crippen molar-refractivity contribution in [3.8, 4) is 0 Å². The van der Waals surface area contributed by atoms with Crippen LogP contribution in [0, 0.1) is 5.82 Å². The molecule has 2 N–H and O–H groups in total. The number of hydrogen-bond donors (Lipinski definition) is 2. The molecule has 20 heavy (non-hydrogen) atoms. The van der Waals surface area contributed by atoms with Gasteiger partial charge >= 0.3 is 0 Å². The molecule has 0 aliphatic carbocycles. The molecule has 0 saturated heterocycles. The Morgan fingerprint density at radius 2 is 2.10 bits per heavy atom. The average molecular weight is 269 g/mol. The molecule has 1 heterocycles. The summed E-state index contributed by atoms with van der Waals surface area (Å²) in [6.07, 6.45) is 2.57. The van der Waals surface area contributed by atoms with Gasteiger partial charge in [-0.3, -0.25) is 5.10 Å². The van der Waals surface area contributed by atoms with Crippen LogP contribution in [0.1, 0.15) is 12.5 Å². The molecule has 0 radical (unpaired) electrons. The highest BCUT2D eigenvalue weighted by Crippen LogP contribution is 2.21. The normalized spacial score (nSPS) is 12.5. The number of benzene rings is 2. The number of nitrogens with one attached hydrogen (secondary N) is 2. The molecule has 1 unspecified atom stereocenters. The van der Waals surface area contributed by atoms with E-state index in [-0.39, 0.29) is 11.9 Å². The molecule has 2 aromatic carbocycles. The van der Waals surface area contributed by atoms with Crippen molar-refractivity contribution in [1.82, 2.24) is 10.2 Å². The summed E-state index contributed by atoms with van der Waals surface area (Å²) in [6.45, 7) is 2.08. The molecular formula is C16H16FN3. The van der Waals surface area contributed by atoms with Crippen LogP contribution < -0.4 is 5.32 Å². The zero-order chi connectivity index (χ0) is 13.9. The fourth-order valence-corrected chi connectivity index (χ4v) is 2.42. The lowest BCUT2D eigenvalue weighted by atomic mass is 10.1. The van der Waals surface area contributed by atoms with Crippen molar-refractivity contribution in [1.29, 1.82) is 0 Å². The second kappa shape index (κ2) is 5.33. The predicted molar refractivity (Wildman–Crippen MR) is 79.3 cm³/mol. The van der Waals surface area contributed by atoms with E-state index in [4.69, 9.17) is 0 Å². The van der Waals surface area contributed by atoms with Crippen LogP contribution in [0.25, 0.3) is 10.9 Å². The van der Waals surface area contributed by atoms with Gasteiger partial charge in [-0.1, -0.05) is 24.3 Å². The van der Waals surface area contributed by atoms with Crippen LogP contribution in [0.2, 0.25) is 0 Å². The van der Waals surface area contributed by atoms with Crippen LogP contribution >= 0.6 is 0 Å². The minimum absolute atomic E-state index is 0.189. The van der Waals surface area contributed by atoms with Gasteiger partial charge in [-0.15, -0.1) is 0 Å². The summed E-state index contributed by atoms with van der Waals surface area (Å²) in [5.74, 6) is -0.189. The molecule has 0 spiro atoms. The molecule has 0 fully saturated rings. The van der Waals surface area contributed by atoms with Crippen LogP contribution in [0.5, 0.6) is 0 Å². The fraction of sp³-hybridized carbons (Fsp3) is 0.188. The predicted octanol–water partition coefficient (Wildman–Crippen LogP) is 3.75. The molecular weight excluding hydrogens is 253 g/mol. The van der Waals surface area contributed by atoms with Crippen molar-refractivity contribution < 1.29 is 4.39 Å². The number of H-pyrrole nitrogens is 1. The van der Waals surface area contributed by atoms with Crippen molar-refractivity contribution in [3.63, 3.8) is 0 Å². The zero-order valence-corrected chi connectivity index (χ0v) is 11.2. The number of aromatic amines is 1. The van der Waals surface area contributed by atoms with Crippen LogP contribution in [0.4, 0.5) is 10.1 Å². The number of anilines is 1. The lowest BCUT2D eigenvalue weighted by Gasteiger charge is -2.16. The lowest BCUT2D eigenvalue weighted by Crippen LogP contribution is -2.18. The monoisotopic (exact) mass is 269 g/mol. The second-order valence-electron chi connectivity index (χ2n) is 5.02. The maximum atomic E-state index is 13.2. The van der Waals surface area contributed by atoms with Crippen LogP contribution in [0.15, 0.2) is 48.7 Å². The summed E-state index contributed by atoms with van der Waals surface area (Å²) in [5.41, 5.74) is 3.00. The minimum atomic E-state index is -0.189. The molecule has 3 nitrogen and oxygen atoms in total. The summed E-state index contributed by atoms with van der Waals surface area (Å²) >= 11 is 0. The number of hydrogen-bond acceptors (Lipinski definition) is 2. The van der Waals surface area contributed by atoms with Crippen molar-refractivity contribution >= 4 is 16.6 Å². The quantitative estimate of drug-likeness (QED) is 0.757. The standard InChI is InChI=1S/C16H16FN3/c1-11(8-12-4-2-6-14(17)9-12)19-15-7-3-5-13-10-18-20-16(13)15/h2-7,9-11,19H,8H2,1H3,(H,18,20). The van der Waals surface area contributed by atoms with Crippen molar-refractivity contribution in [2.24, 2.45) is 0 Å². The minimum Gasteiger partial charge on any atom is -0.381 e. The molecule has 3 aromatic rings. The first-order valence-corrected chi connectivity index (χ1v) is 6.65. The van der Waals surface area contributed by atoms with Gasteiger partial charge in [0.25, 0.3) is 0 Å². The number of fused-ring (bicyclic) bond motifs is 1. The maximum absolute atomic E-state index is 13.2. The van der Waals surface area contributed by atoms with Gasteiger partial charge in [0.1, 0.15) is 5.82 Å². The second-order valence-corrected chi connectivity index (χ2v) is 5.02. The van der Waals surface area contributed by atoms with Gasteiger partial charge in [0.2, 0.25) is 0 Å². The molecule has 0 aliphatic rings. The van der Waals surface area contributed by atoms with E-state index in [2.05, 4.69) is 22.4 Å². The first kappa shape index (κ1) is 12.7. The Labute approximate surface area is 116 Å². The van der Waals surface area contributed by atoms with Crippen molar-refractivity contribution in [3.05, 3.63) is 60.0 Å². The van der Waals surface area contributed by atoms with E-state index in [0.29, 0.717) is 0 Å². The van der Waals surface area contributed by atoms with E-state index in [9.17, 15) is 4.39 Å². The Morgan fingerprint density at radius 1 is 1.25 bits per heavy atom. The Balaban J connectivity index is 1.76. The average Bonchev–Trinajstić information content (AvgIpc) is 2.88. The van der Waals surface area contributed by atoms with E-state index in [0.717, 1.165) is 28.6 Å². The highest BCUT2D eigenvalue weighted by molar-refractivity contribution is 5.89. The Morgan fingerprint density at radius 3 is 2.95 bits per heavy atom. The highest BCUT2D eigenvalue weighted by atomic mass is 19.1. The molecule has 0 saturated carbocycles. The van der Waals surface area contributed by atoms with Gasteiger partial charge in [-0.2, -0.15) is 5.10 Å². The Bertz CT molecular complexity index is 720. The lowest BCUT2D eigenvalue weighted by molar-refractivity contribution is 0.624. The topological polar surface area (TPSA) is 40.7 Å². The van der Waals surface area contributed by atoms with Gasteiger partial charge in [0, 0.05) is 11.4 Å². The van der Waals surface area contributed by atoms with E-state index in [1.54, 1.807) is 18.3 Å². The third-order valence-corrected chi connectivity index (χ3v) is 3.31. The number of rotatable bonds is 4. The maximum Gasteiger partial charge on any atom is 0.123 e. The van der Waals surface area contributed by atoms with Gasteiger partial charge in [-0.25, -0.2) is 4.39 Å². The Hall–Kier alpha value is -2.36. The summed E-state index contributed by atoms with van der Waals surface area (Å²) < 4.78 is 13.2. The van der Waals surface area contributed by atoms with Gasteiger partial charge in [-0.05, 0) is 37.1 Å². The van der Waals surface area contributed by atoms with Crippen LogP contribution in [-0.2, 0) is 6.42 Å². The largest absolute Gasteiger partial charge is 0.381 e. The first-order chi connectivity index (χ1) is 9.72. The molecule has 4 heteroatoms. The first-order valence-electron chi connectivity index (χ1n) is 6.65. The molecule has 1 aromatic heterocycles. The number of halogens is 1. The highest BCUT2D eigenvalue weighted by Gasteiger charge is 2.07. The van der Waals surface area contributed by atoms with Crippen LogP contribution in [-0.4, -0.2) is 16.2 Å². The van der Waals surface area contributed by atoms with Crippen LogP contribution in [0.3, 0.4) is 0 Å².